The van der Waals surface area contributed by atoms with Crippen molar-refractivity contribution in [2.24, 2.45) is 0 Å². The molecule has 27 heavy (non-hydrogen) atoms. The van der Waals surface area contributed by atoms with E-state index in [1.54, 1.807) is 0 Å². The smallest absolute Gasteiger partial charge is 0.328 e. The second-order valence-electron chi connectivity index (χ2n) is 6.14. The number of aromatic nitrogens is 1. The molecule has 2 aromatic rings. The third kappa shape index (κ3) is 3.71. The highest BCUT2D eigenvalue weighted by Crippen LogP contribution is 2.24. The van der Waals surface area contributed by atoms with E-state index in [9.17, 15) is 24.5 Å². The van der Waals surface area contributed by atoms with E-state index in [0.717, 1.165) is 34.0 Å². The molecule has 140 valence electrons. The summed E-state index contributed by atoms with van der Waals surface area (Å²) < 4.78 is 5.79. The zero-order valence-corrected chi connectivity index (χ0v) is 14.5. The van der Waals surface area contributed by atoms with Crippen molar-refractivity contribution in [2.75, 3.05) is 7.11 Å². The Kier molecular flexibility index (Phi) is 5.02. The van der Waals surface area contributed by atoms with E-state index in [1.807, 2.05) is 24.3 Å². The van der Waals surface area contributed by atoms with Crippen molar-refractivity contribution in [2.45, 2.75) is 25.6 Å². The maximum Gasteiger partial charge on any atom is 0.328 e. The van der Waals surface area contributed by atoms with Crippen LogP contribution >= 0.6 is 0 Å². The standard InChI is InChI=1S/C18H17N3O6/c1-27-18(24)15-8-12-4-2-3-5-13(12)9-20(15)17(23)11-19-10-14(21(25)26)6-7-16(19)22/h2-7,10,15H,8-9,11H2,1H3/t15-/m1/s1. The van der Waals surface area contributed by atoms with Crippen molar-refractivity contribution in [3.63, 3.8) is 0 Å². The van der Waals surface area contributed by atoms with E-state index in [2.05, 4.69) is 0 Å². The van der Waals surface area contributed by atoms with Crippen LogP contribution in [-0.2, 0) is 33.8 Å². The number of carbonyl (C=O) groups is 2. The van der Waals surface area contributed by atoms with Gasteiger partial charge in [0.05, 0.1) is 18.2 Å². The SMILES string of the molecule is COC(=O)[C@H]1Cc2ccccc2CN1C(=O)Cn1cc([N+](=O)[O-])ccc1=O. The number of methoxy groups -OCH3 is 1. The van der Waals surface area contributed by atoms with Gasteiger partial charge < -0.3 is 9.64 Å². The largest absolute Gasteiger partial charge is 0.467 e. The number of esters is 1. The predicted octanol–water partition coefficient (Wildman–Crippen LogP) is 0.883. The zero-order valence-electron chi connectivity index (χ0n) is 14.5. The van der Waals surface area contributed by atoms with Crippen molar-refractivity contribution in [3.05, 3.63) is 74.2 Å². The number of fused-ring (bicyclic) bond motifs is 1. The predicted molar refractivity (Wildman–Crippen MR) is 93.9 cm³/mol. The molecule has 0 bridgehead atoms. The molecule has 9 nitrogen and oxygen atoms in total. The third-order valence-electron chi connectivity index (χ3n) is 4.53. The fourth-order valence-corrected chi connectivity index (χ4v) is 3.12. The fourth-order valence-electron chi connectivity index (χ4n) is 3.12. The van der Waals surface area contributed by atoms with Gasteiger partial charge in [0.1, 0.15) is 12.6 Å². The Hall–Kier alpha value is -3.49. The minimum atomic E-state index is -0.813. The lowest BCUT2D eigenvalue weighted by Crippen LogP contribution is -2.50. The molecule has 1 amide bonds. The summed E-state index contributed by atoms with van der Waals surface area (Å²) in [6, 6.07) is 8.75. The number of pyridine rings is 1. The van der Waals surface area contributed by atoms with Gasteiger partial charge in [-0.2, -0.15) is 0 Å². The summed E-state index contributed by atoms with van der Waals surface area (Å²) in [4.78, 5) is 48.6. The summed E-state index contributed by atoms with van der Waals surface area (Å²) in [7, 11) is 1.25. The van der Waals surface area contributed by atoms with Gasteiger partial charge in [0, 0.05) is 25.1 Å². The molecule has 1 atom stereocenters. The number of hydrogen-bond acceptors (Lipinski definition) is 6. The van der Waals surface area contributed by atoms with Crippen LogP contribution in [0.15, 0.2) is 47.4 Å². The van der Waals surface area contributed by atoms with E-state index in [1.165, 1.54) is 12.0 Å². The van der Waals surface area contributed by atoms with Gasteiger partial charge in [0.15, 0.2) is 0 Å². The van der Waals surface area contributed by atoms with Crippen LogP contribution in [0.3, 0.4) is 0 Å². The topological polar surface area (TPSA) is 112 Å². The zero-order chi connectivity index (χ0) is 19.6. The molecule has 2 heterocycles. The Morgan fingerprint density at radius 1 is 1.22 bits per heavy atom. The molecular weight excluding hydrogens is 354 g/mol. The first-order valence-corrected chi connectivity index (χ1v) is 8.19. The number of benzene rings is 1. The number of rotatable bonds is 4. The van der Waals surface area contributed by atoms with Gasteiger partial charge in [0.25, 0.3) is 11.2 Å². The van der Waals surface area contributed by atoms with E-state index < -0.39 is 34.9 Å². The summed E-state index contributed by atoms with van der Waals surface area (Å²) in [6.45, 7) is -0.214. The highest BCUT2D eigenvalue weighted by atomic mass is 16.6. The molecular formula is C18H17N3O6. The molecule has 1 aromatic carbocycles. The second kappa shape index (κ2) is 7.40. The lowest BCUT2D eigenvalue weighted by molar-refractivity contribution is -0.385. The van der Waals surface area contributed by atoms with Crippen LogP contribution in [0, 0.1) is 10.1 Å². The van der Waals surface area contributed by atoms with Gasteiger partial charge in [0.2, 0.25) is 5.91 Å². The molecule has 1 aromatic heterocycles. The summed E-state index contributed by atoms with van der Waals surface area (Å²) >= 11 is 0. The molecule has 0 aliphatic carbocycles. The Bertz CT molecular complexity index is 968. The molecule has 0 unspecified atom stereocenters. The number of nitrogens with zero attached hydrogens (tertiary/aromatic N) is 3. The fraction of sp³-hybridized carbons (Fsp3) is 0.278. The first-order valence-electron chi connectivity index (χ1n) is 8.19. The van der Waals surface area contributed by atoms with E-state index >= 15 is 0 Å². The minimum absolute atomic E-state index is 0.193. The maximum atomic E-state index is 12.8. The lowest BCUT2D eigenvalue weighted by Gasteiger charge is -2.35. The van der Waals surface area contributed by atoms with Gasteiger partial charge in [-0.1, -0.05) is 24.3 Å². The number of hydrogen-bond donors (Lipinski definition) is 0. The molecule has 0 radical (unpaired) electrons. The Labute approximate surface area is 153 Å². The lowest BCUT2D eigenvalue weighted by atomic mass is 9.94. The maximum absolute atomic E-state index is 12.8. The average Bonchev–Trinajstić information content (AvgIpc) is 2.67. The molecule has 0 saturated carbocycles. The van der Waals surface area contributed by atoms with E-state index in [0.29, 0.717) is 6.42 Å². The van der Waals surface area contributed by atoms with Gasteiger partial charge in [-0.15, -0.1) is 0 Å². The molecule has 1 aliphatic heterocycles. The highest BCUT2D eigenvalue weighted by molar-refractivity contribution is 5.85. The van der Waals surface area contributed by atoms with E-state index in [4.69, 9.17) is 4.74 Å². The van der Waals surface area contributed by atoms with Crippen LogP contribution in [0.25, 0.3) is 0 Å². The van der Waals surface area contributed by atoms with Crippen LogP contribution in [-0.4, -0.2) is 39.4 Å². The van der Waals surface area contributed by atoms with Crippen LogP contribution in [0.5, 0.6) is 0 Å². The molecule has 0 N–H and O–H groups in total. The summed E-state index contributed by atoms with van der Waals surface area (Å²) in [5.41, 5.74) is 1.01. The van der Waals surface area contributed by atoms with Crippen molar-refractivity contribution in [1.29, 1.82) is 0 Å². The molecule has 0 spiro atoms. The van der Waals surface area contributed by atoms with Crippen molar-refractivity contribution in [1.82, 2.24) is 9.47 Å². The first-order chi connectivity index (χ1) is 12.9. The quantitative estimate of drug-likeness (QED) is 0.448. The van der Waals surface area contributed by atoms with Crippen LogP contribution in [0.1, 0.15) is 11.1 Å². The third-order valence-corrected chi connectivity index (χ3v) is 4.53. The van der Waals surface area contributed by atoms with Gasteiger partial charge >= 0.3 is 5.97 Å². The number of ether oxygens (including phenoxy) is 1. The normalized spacial score (nSPS) is 15.7. The minimum Gasteiger partial charge on any atom is -0.467 e. The van der Waals surface area contributed by atoms with Crippen LogP contribution < -0.4 is 5.56 Å². The molecule has 3 rings (SSSR count). The first kappa shape index (κ1) is 18.3. The second-order valence-corrected chi connectivity index (χ2v) is 6.14. The molecule has 0 fully saturated rings. The summed E-state index contributed by atoms with van der Waals surface area (Å²) in [6.07, 6.45) is 1.32. The number of nitro groups is 1. The van der Waals surface area contributed by atoms with Crippen LogP contribution in [0.4, 0.5) is 5.69 Å². The monoisotopic (exact) mass is 371 g/mol. The molecule has 0 saturated heterocycles. The number of carbonyl (C=O) groups excluding carboxylic acids is 2. The van der Waals surface area contributed by atoms with Gasteiger partial charge in [-0.25, -0.2) is 4.79 Å². The van der Waals surface area contributed by atoms with Crippen LogP contribution in [0.2, 0.25) is 0 Å². The average molecular weight is 371 g/mol. The Morgan fingerprint density at radius 3 is 2.59 bits per heavy atom. The van der Waals surface area contributed by atoms with Crippen molar-refractivity contribution in [3.8, 4) is 0 Å². The summed E-state index contributed by atoms with van der Waals surface area (Å²) in [5, 5.41) is 10.9. The van der Waals surface area contributed by atoms with Crippen molar-refractivity contribution < 1.29 is 19.2 Å². The summed E-state index contributed by atoms with van der Waals surface area (Å²) in [5.74, 6) is -1.05. The van der Waals surface area contributed by atoms with Gasteiger partial charge in [-0.05, 0) is 11.1 Å². The van der Waals surface area contributed by atoms with E-state index in [-0.39, 0.29) is 12.2 Å². The molecule has 1 aliphatic rings. The Morgan fingerprint density at radius 2 is 1.93 bits per heavy atom. The highest BCUT2D eigenvalue weighted by Gasteiger charge is 2.35. The molecule has 9 heteroatoms. The van der Waals surface area contributed by atoms with Gasteiger partial charge in [-0.3, -0.25) is 24.3 Å². The number of amides is 1. The van der Waals surface area contributed by atoms with Crippen molar-refractivity contribution >= 4 is 17.6 Å². The Balaban J connectivity index is 1.90.